The van der Waals surface area contributed by atoms with Gasteiger partial charge in [0.1, 0.15) is 12.4 Å². The molecule has 5 aromatic rings. The first-order valence-corrected chi connectivity index (χ1v) is 12.8. The molecule has 0 bridgehead atoms. The summed E-state index contributed by atoms with van der Waals surface area (Å²) in [6, 6.07) is 32.1. The number of ether oxygens (including phenoxy) is 1. The van der Waals surface area contributed by atoms with Crippen LogP contribution in [-0.4, -0.2) is 21.2 Å². The lowest BCUT2D eigenvalue weighted by atomic mass is 10.2. The van der Waals surface area contributed by atoms with Crippen LogP contribution in [0.15, 0.2) is 113 Å². The zero-order valence-electron chi connectivity index (χ0n) is 20.3. The first-order chi connectivity index (χ1) is 18.1. The molecule has 0 aliphatic rings. The number of carbonyl (C=O) groups is 1. The van der Waals surface area contributed by atoms with Crippen LogP contribution in [-0.2, 0) is 11.4 Å². The molecule has 1 aromatic heterocycles. The van der Waals surface area contributed by atoms with E-state index in [0.717, 1.165) is 16.9 Å². The van der Waals surface area contributed by atoms with E-state index in [9.17, 15) is 9.59 Å². The second-order valence-corrected chi connectivity index (χ2v) is 9.47. The fourth-order valence-electron chi connectivity index (χ4n) is 3.83. The van der Waals surface area contributed by atoms with Crippen molar-refractivity contribution in [2.45, 2.75) is 18.7 Å². The molecule has 7 heteroatoms. The maximum Gasteiger partial charge on any atom is 0.266 e. The van der Waals surface area contributed by atoms with Crippen molar-refractivity contribution in [1.29, 1.82) is 0 Å². The van der Waals surface area contributed by atoms with Gasteiger partial charge in [-0.3, -0.25) is 14.2 Å². The number of nitrogens with one attached hydrogen (secondary N) is 1. The van der Waals surface area contributed by atoms with Crippen LogP contribution in [0.2, 0.25) is 0 Å². The van der Waals surface area contributed by atoms with E-state index in [-0.39, 0.29) is 17.2 Å². The Morgan fingerprint density at radius 3 is 2.35 bits per heavy atom. The Kier molecular flexibility index (Phi) is 7.33. The van der Waals surface area contributed by atoms with Crippen molar-refractivity contribution in [1.82, 2.24) is 9.55 Å². The first-order valence-electron chi connectivity index (χ1n) is 11.8. The van der Waals surface area contributed by atoms with Crippen molar-refractivity contribution >= 4 is 34.3 Å². The van der Waals surface area contributed by atoms with Crippen molar-refractivity contribution in [3.05, 3.63) is 125 Å². The standard InChI is InChI=1S/C30H25N3O3S/c1-21-11-15-24(16-12-21)33-29(35)26-9-5-6-10-27(26)32-30(33)37-20-28(34)31-23-13-17-25(18-14-23)36-19-22-7-3-2-4-8-22/h2-18H,19-20H2,1H3,(H,31,34). The molecule has 0 aliphatic carbocycles. The third-order valence-electron chi connectivity index (χ3n) is 5.76. The van der Waals surface area contributed by atoms with Gasteiger partial charge in [0.2, 0.25) is 5.91 Å². The summed E-state index contributed by atoms with van der Waals surface area (Å²) in [4.78, 5) is 30.8. The first kappa shape index (κ1) is 24.3. The van der Waals surface area contributed by atoms with E-state index >= 15 is 0 Å². The zero-order chi connectivity index (χ0) is 25.6. The lowest BCUT2D eigenvalue weighted by Crippen LogP contribution is -2.23. The van der Waals surface area contributed by atoms with E-state index in [1.165, 1.54) is 11.8 Å². The summed E-state index contributed by atoms with van der Waals surface area (Å²) in [5, 5.41) is 3.90. The lowest BCUT2D eigenvalue weighted by molar-refractivity contribution is -0.113. The summed E-state index contributed by atoms with van der Waals surface area (Å²) >= 11 is 1.23. The Morgan fingerprint density at radius 1 is 0.892 bits per heavy atom. The Morgan fingerprint density at radius 2 is 1.59 bits per heavy atom. The van der Waals surface area contributed by atoms with Gasteiger partial charge < -0.3 is 10.1 Å². The number of rotatable bonds is 8. The molecule has 0 spiro atoms. The normalized spacial score (nSPS) is 10.8. The second-order valence-electron chi connectivity index (χ2n) is 8.52. The minimum Gasteiger partial charge on any atom is -0.489 e. The molecule has 1 heterocycles. The minimum absolute atomic E-state index is 0.100. The van der Waals surface area contributed by atoms with E-state index in [4.69, 9.17) is 9.72 Å². The van der Waals surface area contributed by atoms with Crippen LogP contribution in [0, 0.1) is 6.92 Å². The summed E-state index contributed by atoms with van der Waals surface area (Å²) in [5.41, 5.74) is 4.00. The highest BCUT2D eigenvalue weighted by Crippen LogP contribution is 2.23. The van der Waals surface area contributed by atoms with Gasteiger partial charge in [-0.2, -0.15) is 0 Å². The number of thioether (sulfide) groups is 1. The molecular formula is C30H25N3O3S. The molecule has 0 saturated carbocycles. The summed E-state index contributed by atoms with van der Waals surface area (Å²) < 4.78 is 7.38. The summed E-state index contributed by atoms with van der Waals surface area (Å²) in [5.74, 6) is 0.627. The van der Waals surface area contributed by atoms with Crippen LogP contribution in [0.25, 0.3) is 16.6 Å². The largest absolute Gasteiger partial charge is 0.489 e. The minimum atomic E-state index is -0.194. The molecule has 0 saturated heterocycles. The van der Waals surface area contributed by atoms with Gasteiger partial charge in [0.15, 0.2) is 5.16 Å². The summed E-state index contributed by atoms with van der Waals surface area (Å²) in [7, 11) is 0. The fraction of sp³-hybridized carbons (Fsp3) is 0.100. The van der Waals surface area contributed by atoms with E-state index in [2.05, 4.69) is 5.32 Å². The predicted molar refractivity (Wildman–Crippen MR) is 149 cm³/mol. The van der Waals surface area contributed by atoms with E-state index in [0.29, 0.717) is 34.0 Å². The van der Waals surface area contributed by atoms with Gasteiger partial charge >= 0.3 is 0 Å². The van der Waals surface area contributed by atoms with E-state index in [1.807, 2.05) is 91.9 Å². The van der Waals surface area contributed by atoms with Crippen molar-refractivity contribution < 1.29 is 9.53 Å². The van der Waals surface area contributed by atoms with Crippen LogP contribution >= 0.6 is 11.8 Å². The van der Waals surface area contributed by atoms with Gasteiger partial charge in [-0.15, -0.1) is 0 Å². The number of carbonyl (C=O) groups excluding carboxylic acids is 1. The van der Waals surface area contributed by atoms with Crippen LogP contribution in [0.3, 0.4) is 0 Å². The maximum absolute atomic E-state index is 13.3. The molecule has 0 radical (unpaired) electrons. The van der Waals surface area contributed by atoms with E-state index in [1.54, 1.807) is 22.8 Å². The molecule has 0 atom stereocenters. The molecule has 0 aliphatic heterocycles. The zero-order valence-corrected chi connectivity index (χ0v) is 21.1. The smallest absolute Gasteiger partial charge is 0.266 e. The number of hydrogen-bond acceptors (Lipinski definition) is 5. The Hall–Kier alpha value is -4.36. The Balaban J connectivity index is 1.28. The predicted octanol–water partition coefficient (Wildman–Crippen LogP) is 6.00. The number of amides is 1. The van der Waals surface area contributed by atoms with Gasteiger partial charge in [0.25, 0.3) is 5.56 Å². The second kappa shape index (κ2) is 11.1. The van der Waals surface area contributed by atoms with Crippen LogP contribution < -0.4 is 15.6 Å². The lowest BCUT2D eigenvalue weighted by Gasteiger charge is -2.13. The molecule has 4 aromatic carbocycles. The monoisotopic (exact) mass is 507 g/mol. The average molecular weight is 508 g/mol. The average Bonchev–Trinajstić information content (AvgIpc) is 2.93. The molecule has 184 valence electrons. The van der Waals surface area contributed by atoms with Crippen molar-refractivity contribution in [2.24, 2.45) is 0 Å². The van der Waals surface area contributed by atoms with Crippen LogP contribution in [0.5, 0.6) is 5.75 Å². The number of benzene rings is 4. The molecule has 0 unspecified atom stereocenters. The highest BCUT2D eigenvalue weighted by molar-refractivity contribution is 7.99. The van der Waals surface area contributed by atoms with E-state index < -0.39 is 0 Å². The number of para-hydroxylation sites is 1. The molecule has 37 heavy (non-hydrogen) atoms. The third-order valence-corrected chi connectivity index (χ3v) is 6.69. The van der Waals surface area contributed by atoms with Crippen LogP contribution in [0.1, 0.15) is 11.1 Å². The Bertz CT molecular complexity index is 1580. The number of nitrogens with zero attached hydrogens (tertiary/aromatic N) is 2. The number of hydrogen-bond donors (Lipinski definition) is 1. The number of aromatic nitrogens is 2. The molecule has 1 amide bonds. The SMILES string of the molecule is Cc1ccc(-n2c(SCC(=O)Nc3ccc(OCc4ccccc4)cc3)nc3ccccc3c2=O)cc1. The van der Waals surface area contributed by atoms with Gasteiger partial charge in [-0.25, -0.2) is 4.98 Å². The molecule has 0 fully saturated rings. The quantitative estimate of drug-likeness (QED) is 0.206. The Labute approximate surface area is 219 Å². The van der Waals surface area contributed by atoms with Crippen molar-refractivity contribution in [3.63, 3.8) is 0 Å². The van der Waals surface area contributed by atoms with Gasteiger partial charge in [0.05, 0.1) is 22.3 Å². The highest BCUT2D eigenvalue weighted by atomic mass is 32.2. The van der Waals surface area contributed by atoms with Crippen molar-refractivity contribution in [3.8, 4) is 11.4 Å². The molecular weight excluding hydrogens is 482 g/mol. The fourth-order valence-corrected chi connectivity index (χ4v) is 4.65. The molecule has 5 rings (SSSR count). The summed E-state index contributed by atoms with van der Waals surface area (Å²) in [6.45, 7) is 2.47. The number of aryl methyl sites for hydroxylation is 1. The highest BCUT2D eigenvalue weighted by Gasteiger charge is 2.15. The van der Waals surface area contributed by atoms with Crippen LogP contribution in [0.4, 0.5) is 5.69 Å². The topological polar surface area (TPSA) is 73.2 Å². The number of fused-ring (bicyclic) bond motifs is 1. The van der Waals surface area contributed by atoms with Gasteiger partial charge in [-0.05, 0) is 61.0 Å². The maximum atomic E-state index is 13.3. The van der Waals surface area contributed by atoms with Gasteiger partial charge in [-0.1, -0.05) is 71.9 Å². The third kappa shape index (κ3) is 5.90. The van der Waals surface area contributed by atoms with Gasteiger partial charge in [0, 0.05) is 5.69 Å². The number of anilines is 1. The molecule has 1 N–H and O–H groups in total. The summed E-state index contributed by atoms with van der Waals surface area (Å²) in [6.07, 6.45) is 0. The van der Waals surface area contributed by atoms with Crippen molar-refractivity contribution in [2.75, 3.05) is 11.1 Å². The molecule has 6 nitrogen and oxygen atoms in total.